The van der Waals surface area contributed by atoms with Crippen LogP contribution in [0.1, 0.15) is 16.1 Å². The number of amides is 1. The van der Waals surface area contributed by atoms with E-state index in [1.165, 1.54) is 15.7 Å². The highest BCUT2D eigenvalue weighted by Crippen LogP contribution is 2.15. The average molecular weight is 315 g/mol. The van der Waals surface area contributed by atoms with Crippen molar-refractivity contribution < 1.29 is 9.53 Å². The van der Waals surface area contributed by atoms with Gasteiger partial charge in [0.25, 0.3) is 11.5 Å². The summed E-state index contributed by atoms with van der Waals surface area (Å²) >= 11 is 1.37. The second kappa shape index (κ2) is 5.61. The van der Waals surface area contributed by atoms with Crippen LogP contribution in [0.4, 0.5) is 5.69 Å². The summed E-state index contributed by atoms with van der Waals surface area (Å²) < 4.78 is 6.47. The Kier molecular flexibility index (Phi) is 3.64. The van der Waals surface area contributed by atoms with E-state index in [1.54, 1.807) is 49.9 Å². The van der Waals surface area contributed by atoms with Gasteiger partial charge in [0.2, 0.25) is 0 Å². The lowest BCUT2D eigenvalue weighted by atomic mass is 10.2. The number of nitrogens with zero attached hydrogens (tertiary/aromatic N) is 2. The first kappa shape index (κ1) is 14.3. The molecule has 2 aromatic heterocycles. The second-order valence-electron chi connectivity index (χ2n) is 4.62. The Morgan fingerprint density at radius 1 is 1.32 bits per heavy atom. The molecule has 0 unspecified atom stereocenters. The average Bonchev–Trinajstić information content (AvgIpc) is 2.99. The van der Waals surface area contributed by atoms with E-state index in [9.17, 15) is 9.59 Å². The predicted molar refractivity (Wildman–Crippen MR) is 85.0 cm³/mol. The molecule has 0 radical (unpaired) electrons. The van der Waals surface area contributed by atoms with Gasteiger partial charge in [0.05, 0.1) is 12.8 Å². The van der Waals surface area contributed by atoms with Gasteiger partial charge in [-0.2, -0.15) is 0 Å². The highest BCUT2D eigenvalue weighted by atomic mass is 32.1. The lowest BCUT2D eigenvalue weighted by molar-refractivity contribution is 0.102. The standard InChI is InChI=1S/C15H13N3O3S/c1-9-12(14(20)18-7-8-22-15(18)16-9)17-13(19)10-3-5-11(21-2)6-4-10/h3-8H,1-2H3,(H,17,19). The maximum atomic E-state index is 12.4. The van der Waals surface area contributed by atoms with Gasteiger partial charge in [0, 0.05) is 17.1 Å². The van der Waals surface area contributed by atoms with Gasteiger partial charge in [0.15, 0.2) is 4.96 Å². The van der Waals surface area contributed by atoms with Crippen molar-refractivity contribution in [2.45, 2.75) is 6.92 Å². The van der Waals surface area contributed by atoms with Crippen LogP contribution in [-0.2, 0) is 0 Å². The van der Waals surface area contributed by atoms with Crippen molar-refractivity contribution in [3.63, 3.8) is 0 Å². The van der Waals surface area contributed by atoms with E-state index < -0.39 is 0 Å². The number of ether oxygens (including phenoxy) is 1. The number of nitrogens with one attached hydrogen (secondary N) is 1. The van der Waals surface area contributed by atoms with E-state index in [4.69, 9.17) is 4.74 Å². The summed E-state index contributed by atoms with van der Waals surface area (Å²) in [4.78, 5) is 29.6. The fourth-order valence-electron chi connectivity index (χ4n) is 2.05. The van der Waals surface area contributed by atoms with Crippen LogP contribution in [-0.4, -0.2) is 22.4 Å². The minimum atomic E-state index is -0.361. The van der Waals surface area contributed by atoms with Gasteiger partial charge in [-0.3, -0.25) is 14.0 Å². The summed E-state index contributed by atoms with van der Waals surface area (Å²) in [5.74, 6) is 0.300. The van der Waals surface area contributed by atoms with Gasteiger partial charge in [-0.1, -0.05) is 0 Å². The Hall–Kier alpha value is -2.67. The molecule has 3 aromatic rings. The van der Waals surface area contributed by atoms with Crippen LogP contribution in [0.5, 0.6) is 5.75 Å². The lowest BCUT2D eigenvalue weighted by Gasteiger charge is -2.08. The van der Waals surface area contributed by atoms with Gasteiger partial charge >= 0.3 is 0 Å². The van der Waals surface area contributed by atoms with Gasteiger partial charge in [-0.25, -0.2) is 4.98 Å². The number of thiazole rings is 1. The third-order valence-corrected chi connectivity index (χ3v) is 3.99. The highest BCUT2D eigenvalue weighted by Gasteiger charge is 2.14. The number of anilines is 1. The van der Waals surface area contributed by atoms with Crippen LogP contribution in [0.2, 0.25) is 0 Å². The quantitative estimate of drug-likeness (QED) is 0.805. The van der Waals surface area contributed by atoms with E-state index in [2.05, 4.69) is 10.3 Å². The van der Waals surface area contributed by atoms with Crippen molar-refractivity contribution in [1.82, 2.24) is 9.38 Å². The summed E-state index contributed by atoms with van der Waals surface area (Å²) in [6.45, 7) is 1.70. The Morgan fingerprint density at radius 3 is 2.73 bits per heavy atom. The molecule has 0 aliphatic carbocycles. The molecule has 0 bridgehead atoms. The molecule has 7 heteroatoms. The maximum Gasteiger partial charge on any atom is 0.282 e. The van der Waals surface area contributed by atoms with Crippen molar-refractivity contribution in [3.8, 4) is 5.75 Å². The predicted octanol–water partition coefficient (Wildman–Crippen LogP) is 2.33. The van der Waals surface area contributed by atoms with E-state index in [0.717, 1.165) is 0 Å². The lowest BCUT2D eigenvalue weighted by Crippen LogP contribution is -2.24. The molecule has 1 N–H and O–H groups in total. The van der Waals surface area contributed by atoms with Crippen LogP contribution < -0.4 is 15.6 Å². The molecule has 0 fully saturated rings. The monoisotopic (exact) mass is 315 g/mol. The number of hydrogen-bond donors (Lipinski definition) is 1. The smallest absolute Gasteiger partial charge is 0.282 e. The van der Waals surface area contributed by atoms with Gasteiger partial charge in [-0.15, -0.1) is 11.3 Å². The Morgan fingerprint density at radius 2 is 2.05 bits per heavy atom. The summed E-state index contributed by atoms with van der Waals surface area (Å²) in [6, 6.07) is 6.65. The third-order valence-electron chi connectivity index (χ3n) is 3.24. The Balaban J connectivity index is 1.95. The number of benzene rings is 1. The number of rotatable bonds is 3. The van der Waals surface area contributed by atoms with E-state index in [0.29, 0.717) is 22.0 Å². The van der Waals surface area contributed by atoms with Crippen molar-refractivity contribution in [2.24, 2.45) is 0 Å². The zero-order valence-corrected chi connectivity index (χ0v) is 12.8. The molecule has 0 aliphatic rings. The number of aryl methyl sites for hydroxylation is 1. The molecule has 6 nitrogen and oxygen atoms in total. The van der Waals surface area contributed by atoms with Crippen LogP contribution in [0, 0.1) is 6.92 Å². The molecule has 2 heterocycles. The van der Waals surface area contributed by atoms with Crippen molar-refractivity contribution >= 4 is 27.9 Å². The van der Waals surface area contributed by atoms with Gasteiger partial charge in [0.1, 0.15) is 11.4 Å². The molecule has 22 heavy (non-hydrogen) atoms. The molecule has 0 aliphatic heterocycles. The third kappa shape index (κ3) is 2.46. The van der Waals surface area contributed by atoms with Crippen LogP contribution in [0.3, 0.4) is 0 Å². The van der Waals surface area contributed by atoms with Crippen LogP contribution >= 0.6 is 11.3 Å². The Bertz CT molecular complexity index is 897. The zero-order valence-electron chi connectivity index (χ0n) is 12.0. The van der Waals surface area contributed by atoms with E-state index in [-0.39, 0.29) is 17.2 Å². The number of fused-ring (bicyclic) bond motifs is 1. The first-order valence-corrected chi connectivity index (χ1v) is 7.40. The van der Waals surface area contributed by atoms with Crippen molar-refractivity contribution in [1.29, 1.82) is 0 Å². The number of carbonyl (C=O) groups is 1. The maximum absolute atomic E-state index is 12.4. The van der Waals surface area contributed by atoms with E-state index in [1.807, 2.05) is 0 Å². The minimum absolute atomic E-state index is 0.191. The molecule has 0 atom stereocenters. The highest BCUT2D eigenvalue weighted by molar-refractivity contribution is 7.15. The molecule has 1 aromatic carbocycles. The van der Waals surface area contributed by atoms with Crippen LogP contribution in [0.25, 0.3) is 4.96 Å². The molecular weight excluding hydrogens is 302 g/mol. The van der Waals surface area contributed by atoms with Gasteiger partial charge < -0.3 is 10.1 Å². The largest absolute Gasteiger partial charge is 0.497 e. The molecular formula is C15H13N3O3S. The van der Waals surface area contributed by atoms with Crippen molar-refractivity contribution in [3.05, 3.63) is 57.5 Å². The molecule has 3 rings (SSSR count). The number of aromatic nitrogens is 2. The molecule has 112 valence electrons. The van der Waals surface area contributed by atoms with Crippen molar-refractivity contribution in [2.75, 3.05) is 12.4 Å². The molecule has 1 amide bonds. The zero-order chi connectivity index (χ0) is 15.7. The summed E-state index contributed by atoms with van der Waals surface area (Å²) in [7, 11) is 1.56. The number of carbonyl (C=O) groups excluding carboxylic acids is 1. The number of methoxy groups -OCH3 is 1. The normalized spacial score (nSPS) is 10.6. The SMILES string of the molecule is COc1ccc(C(=O)Nc2c(C)nc3sccn3c2=O)cc1. The second-order valence-corrected chi connectivity index (χ2v) is 5.49. The molecule has 0 saturated heterocycles. The topological polar surface area (TPSA) is 72.7 Å². The van der Waals surface area contributed by atoms with Gasteiger partial charge in [-0.05, 0) is 31.2 Å². The summed E-state index contributed by atoms with van der Waals surface area (Å²) in [5.41, 5.74) is 0.839. The molecule has 0 spiro atoms. The first-order valence-electron chi connectivity index (χ1n) is 6.52. The van der Waals surface area contributed by atoms with E-state index >= 15 is 0 Å². The fourth-order valence-corrected chi connectivity index (χ4v) is 2.81. The summed E-state index contributed by atoms with van der Waals surface area (Å²) in [6.07, 6.45) is 1.64. The Labute approximate surface area is 130 Å². The van der Waals surface area contributed by atoms with Crippen LogP contribution in [0.15, 0.2) is 40.6 Å². The summed E-state index contributed by atoms with van der Waals surface area (Å²) in [5, 5.41) is 4.42. The molecule has 0 saturated carbocycles. The number of hydrogen-bond acceptors (Lipinski definition) is 5. The minimum Gasteiger partial charge on any atom is -0.497 e. The fraction of sp³-hybridized carbons (Fsp3) is 0.133. The first-order chi connectivity index (χ1) is 10.6.